The van der Waals surface area contributed by atoms with Crippen molar-refractivity contribution < 1.29 is 13.9 Å². The Kier molecular flexibility index (Phi) is 11.8. The van der Waals surface area contributed by atoms with Crippen LogP contribution in [0.5, 0.6) is 11.5 Å². The summed E-state index contributed by atoms with van der Waals surface area (Å²) < 4.78 is 25.1. The average molecular weight is 418 g/mol. The molecule has 0 saturated heterocycles. The summed E-state index contributed by atoms with van der Waals surface area (Å²) in [6, 6.07) is 3.56. The lowest BCUT2D eigenvalue weighted by atomic mass is 10.1. The van der Waals surface area contributed by atoms with Gasteiger partial charge in [0.2, 0.25) is 0 Å². The van der Waals surface area contributed by atoms with Gasteiger partial charge in [-0.25, -0.2) is 19.3 Å². The highest BCUT2D eigenvalue weighted by Crippen LogP contribution is 2.18. The van der Waals surface area contributed by atoms with Crippen LogP contribution in [0.4, 0.5) is 4.39 Å². The summed E-state index contributed by atoms with van der Waals surface area (Å²) in [6.07, 6.45) is 14.9. The molecule has 0 bridgehead atoms. The number of hydrogen-bond acceptors (Lipinski definition) is 5. The second kappa shape index (κ2) is 14.7. The first kappa shape index (κ1) is 24.0. The lowest BCUT2D eigenvalue weighted by Crippen LogP contribution is -2.12. The van der Waals surface area contributed by atoms with Crippen molar-refractivity contribution in [2.75, 3.05) is 13.2 Å². The van der Waals surface area contributed by atoms with Gasteiger partial charge in [0.25, 0.3) is 0 Å². The molecule has 2 aromatic rings. The zero-order valence-electron chi connectivity index (χ0n) is 18.5. The number of unbranched alkanes of at least 4 members (excludes halogenated alkanes) is 7. The van der Waals surface area contributed by atoms with E-state index in [1.807, 2.05) is 0 Å². The highest BCUT2D eigenvalue weighted by molar-refractivity contribution is 5.49. The van der Waals surface area contributed by atoms with Crippen LogP contribution < -0.4 is 9.47 Å². The molecule has 0 radical (unpaired) electrons. The van der Waals surface area contributed by atoms with E-state index in [1.54, 1.807) is 30.7 Å². The van der Waals surface area contributed by atoms with Gasteiger partial charge in [0, 0.05) is 0 Å². The van der Waals surface area contributed by atoms with E-state index in [0.717, 1.165) is 32.1 Å². The molecule has 1 atom stereocenters. The van der Waals surface area contributed by atoms with E-state index in [9.17, 15) is 4.39 Å². The topological polar surface area (TPSA) is 57.1 Å². The van der Waals surface area contributed by atoms with Crippen LogP contribution in [0, 0.1) is 0 Å². The third-order valence-corrected chi connectivity index (χ3v) is 4.91. The van der Waals surface area contributed by atoms with Gasteiger partial charge in [-0.3, -0.25) is 0 Å². The van der Waals surface area contributed by atoms with E-state index < -0.39 is 6.17 Å². The lowest BCUT2D eigenvalue weighted by Gasteiger charge is -2.10. The van der Waals surface area contributed by atoms with E-state index >= 15 is 0 Å². The van der Waals surface area contributed by atoms with Crippen LogP contribution in [0.15, 0.2) is 30.7 Å². The Bertz CT molecular complexity index is 680. The Labute approximate surface area is 180 Å². The van der Waals surface area contributed by atoms with Gasteiger partial charge in [-0.2, -0.15) is 0 Å². The molecule has 0 aliphatic rings. The summed E-state index contributed by atoms with van der Waals surface area (Å²) in [4.78, 5) is 13.0. The molecule has 30 heavy (non-hydrogen) atoms. The molecule has 6 heteroatoms. The Balaban J connectivity index is 1.72. The fourth-order valence-electron chi connectivity index (χ4n) is 3.08. The standard InChI is InChI=1S/C24H36FN3O2/c1-3-5-7-9-11-15-29-22-17-27-24(28-18-22)23-14-13-21(16-26-23)30-19-20(25)12-10-8-6-4-2/h13-14,16-18,20H,3-12,15,19H2,1-2H3. The maximum atomic E-state index is 13.9. The summed E-state index contributed by atoms with van der Waals surface area (Å²) >= 11 is 0. The fraction of sp³-hybridized carbons (Fsp3) is 0.625. The van der Waals surface area contributed by atoms with Gasteiger partial charge in [0.15, 0.2) is 11.6 Å². The number of halogens is 1. The second-order valence-corrected chi connectivity index (χ2v) is 7.64. The molecule has 0 saturated carbocycles. The smallest absolute Gasteiger partial charge is 0.178 e. The molecule has 0 aliphatic heterocycles. The quantitative estimate of drug-likeness (QED) is 0.289. The number of nitrogens with zero attached hydrogens (tertiary/aromatic N) is 3. The molecular weight excluding hydrogens is 381 g/mol. The van der Waals surface area contributed by atoms with Gasteiger partial charge in [0.1, 0.15) is 24.2 Å². The van der Waals surface area contributed by atoms with E-state index in [-0.39, 0.29) is 6.61 Å². The minimum Gasteiger partial charge on any atom is -0.490 e. The first-order valence-corrected chi connectivity index (χ1v) is 11.4. The highest BCUT2D eigenvalue weighted by atomic mass is 19.1. The van der Waals surface area contributed by atoms with Crippen LogP contribution in [-0.2, 0) is 0 Å². The third-order valence-electron chi connectivity index (χ3n) is 4.91. The van der Waals surface area contributed by atoms with Gasteiger partial charge >= 0.3 is 0 Å². The summed E-state index contributed by atoms with van der Waals surface area (Å²) in [5.74, 6) is 1.75. The van der Waals surface area contributed by atoms with Gasteiger partial charge in [0.05, 0.1) is 25.2 Å². The van der Waals surface area contributed by atoms with E-state index in [2.05, 4.69) is 28.8 Å². The molecule has 0 spiro atoms. The molecule has 0 N–H and O–H groups in total. The number of aromatic nitrogens is 3. The molecule has 0 aromatic carbocycles. The van der Waals surface area contributed by atoms with Crippen LogP contribution in [-0.4, -0.2) is 34.3 Å². The van der Waals surface area contributed by atoms with Crippen LogP contribution in [0.1, 0.15) is 78.1 Å². The van der Waals surface area contributed by atoms with Crippen molar-refractivity contribution in [2.45, 2.75) is 84.2 Å². The predicted molar refractivity (Wildman–Crippen MR) is 119 cm³/mol. The van der Waals surface area contributed by atoms with Crippen LogP contribution in [0.25, 0.3) is 11.5 Å². The minimum atomic E-state index is -0.941. The van der Waals surface area contributed by atoms with Gasteiger partial charge in [-0.05, 0) is 25.0 Å². The van der Waals surface area contributed by atoms with Crippen molar-refractivity contribution >= 4 is 0 Å². The van der Waals surface area contributed by atoms with Gasteiger partial charge < -0.3 is 9.47 Å². The third kappa shape index (κ3) is 9.51. The summed E-state index contributed by atoms with van der Waals surface area (Å²) in [5.41, 5.74) is 0.643. The monoisotopic (exact) mass is 417 g/mol. The minimum absolute atomic E-state index is 0.0636. The lowest BCUT2D eigenvalue weighted by molar-refractivity contribution is 0.183. The molecule has 1 unspecified atom stereocenters. The maximum absolute atomic E-state index is 13.9. The van der Waals surface area contributed by atoms with Crippen molar-refractivity contribution in [3.8, 4) is 23.0 Å². The molecule has 0 amide bonds. The molecular formula is C24H36FN3O2. The van der Waals surface area contributed by atoms with Crippen LogP contribution in [0.2, 0.25) is 0 Å². The highest BCUT2D eigenvalue weighted by Gasteiger charge is 2.09. The number of pyridine rings is 1. The van der Waals surface area contributed by atoms with Crippen molar-refractivity contribution in [1.82, 2.24) is 15.0 Å². The summed E-state index contributed by atoms with van der Waals surface area (Å²) in [5, 5.41) is 0. The van der Waals surface area contributed by atoms with Crippen molar-refractivity contribution in [3.05, 3.63) is 30.7 Å². The zero-order chi connectivity index (χ0) is 21.4. The number of ether oxygens (including phenoxy) is 2. The predicted octanol–water partition coefficient (Wildman–Crippen LogP) is 6.58. The first-order chi connectivity index (χ1) is 14.7. The van der Waals surface area contributed by atoms with Crippen LogP contribution in [0.3, 0.4) is 0 Å². The molecule has 2 rings (SSSR count). The van der Waals surface area contributed by atoms with E-state index in [0.29, 0.717) is 36.0 Å². The number of hydrogen-bond donors (Lipinski definition) is 0. The zero-order valence-corrected chi connectivity index (χ0v) is 18.5. The number of alkyl halides is 1. The maximum Gasteiger partial charge on any atom is 0.178 e. The fourth-order valence-corrected chi connectivity index (χ4v) is 3.08. The Morgan fingerprint density at radius 1 is 0.767 bits per heavy atom. The summed E-state index contributed by atoms with van der Waals surface area (Å²) in [7, 11) is 0. The van der Waals surface area contributed by atoms with E-state index in [1.165, 1.54) is 25.7 Å². The van der Waals surface area contributed by atoms with Gasteiger partial charge in [-0.1, -0.05) is 65.2 Å². The Morgan fingerprint density at radius 3 is 2.10 bits per heavy atom. The normalized spacial score (nSPS) is 12.0. The SMILES string of the molecule is CCCCCCCOc1cnc(-c2ccc(OCC(F)CCCCCC)cn2)nc1. The molecule has 0 aliphatic carbocycles. The van der Waals surface area contributed by atoms with Crippen molar-refractivity contribution in [3.63, 3.8) is 0 Å². The molecule has 2 aromatic heterocycles. The Morgan fingerprint density at radius 2 is 1.43 bits per heavy atom. The van der Waals surface area contributed by atoms with E-state index in [4.69, 9.17) is 9.47 Å². The first-order valence-electron chi connectivity index (χ1n) is 11.4. The molecule has 5 nitrogen and oxygen atoms in total. The van der Waals surface area contributed by atoms with Crippen molar-refractivity contribution in [2.24, 2.45) is 0 Å². The van der Waals surface area contributed by atoms with Crippen LogP contribution >= 0.6 is 0 Å². The number of rotatable bonds is 16. The average Bonchev–Trinajstić information content (AvgIpc) is 2.78. The van der Waals surface area contributed by atoms with Crippen molar-refractivity contribution in [1.29, 1.82) is 0 Å². The summed E-state index contributed by atoms with van der Waals surface area (Å²) in [6.45, 7) is 5.11. The molecule has 0 fully saturated rings. The largest absolute Gasteiger partial charge is 0.490 e. The second-order valence-electron chi connectivity index (χ2n) is 7.64. The molecule has 166 valence electrons. The van der Waals surface area contributed by atoms with Gasteiger partial charge in [-0.15, -0.1) is 0 Å². The Hall–Kier alpha value is -2.24. The molecule has 2 heterocycles.